The number of carbonyl (C=O) groups excluding carboxylic acids is 2. The largest absolute Gasteiger partial charge is 0.497 e. The van der Waals surface area contributed by atoms with Crippen molar-refractivity contribution in [3.63, 3.8) is 0 Å². The van der Waals surface area contributed by atoms with Gasteiger partial charge in [-0.1, -0.05) is 26.0 Å². The molecule has 6 nitrogen and oxygen atoms in total. The minimum atomic E-state index is -0.635. The van der Waals surface area contributed by atoms with Crippen molar-refractivity contribution in [3.05, 3.63) is 59.7 Å². The van der Waals surface area contributed by atoms with Crippen molar-refractivity contribution >= 4 is 11.8 Å². The summed E-state index contributed by atoms with van der Waals surface area (Å²) in [6, 6.07) is 13.7. The molecule has 2 N–H and O–H groups in total. The lowest BCUT2D eigenvalue weighted by atomic mass is 10.0. The summed E-state index contributed by atoms with van der Waals surface area (Å²) in [5, 5.41) is 5.71. The fourth-order valence-electron chi connectivity index (χ4n) is 2.71. The molecule has 2 rings (SSSR count). The van der Waals surface area contributed by atoms with Crippen molar-refractivity contribution in [2.45, 2.75) is 33.4 Å². The molecular weight excluding hydrogens is 356 g/mol. The van der Waals surface area contributed by atoms with Crippen LogP contribution in [0.4, 0.5) is 0 Å². The van der Waals surface area contributed by atoms with Crippen LogP contribution in [-0.2, 0) is 11.3 Å². The molecule has 28 heavy (non-hydrogen) atoms. The van der Waals surface area contributed by atoms with E-state index in [-0.39, 0.29) is 17.7 Å². The van der Waals surface area contributed by atoms with Crippen molar-refractivity contribution in [1.82, 2.24) is 10.6 Å². The predicted octanol–water partition coefficient (Wildman–Crippen LogP) is 3.16. The molecule has 2 aromatic rings. The highest BCUT2D eigenvalue weighted by Gasteiger charge is 2.24. The maximum absolute atomic E-state index is 12.6. The highest BCUT2D eigenvalue weighted by atomic mass is 16.5. The van der Waals surface area contributed by atoms with Crippen LogP contribution in [0.15, 0.2) is 48.5 Å². The normalized spacial score (nSPS) is 11.6. The van der Waals surface area contributed by atoms with Crippen molar-refractivity contribution in [3.8, 4) is 11.5 Å². The Bertz CT molecular complexity index is 787. The molecule has 0 aliphatic heterocycles. The Kier molecular flexibility index (Phi) is 7.87. The zero-order valence-electron chi connectivity index (χ0n) is 16.8. The van der Waals surface area contributed by atoms with Crippen LogP contribution in [0.1, 0.15) is 36.7 Å². The molecule has 0 radical (unpaired) electrons. The van der Waals surface area contributed by atoms with E-state index in [0.717, 1.165) is 11.3 Å². The van der Waals surface area contributed by atoms with Crippen LogP contribution in [0.25, 0.3) is 0 Å². The molecule has 0 fully saturated rings. The standard InChI is InChI=1S/C22H28N2O4/c1-5-28-18-11-9-17(10-12-18)21(25)24-20(15(2)3)22(26)23-14-16-7-6-8-19(13-16)27-4/h6-13,15,20H,5,14H2,1-4H3,(H,23,26)(H,24,25). The molecule has 0 aliphatic rings. The zero-order chi connectivity index (χ0) is 20.5. The molecule has 0 saturated carbocycles. The fourth-order valence-corrected chi connectivity index (χ4v) is 2.71. The Morgan fingerprint density at radius 2 is 1.75 bits per heavy atom. The first-order valence-corrected chi connectivity index (χ1v) is 9.39. The Morgan fingerprint density at radius 3 is 2.36 bits per heavy atom. The Morgan fingerprint density at radius 1 is 1.04 bits per heavy atom. The maximum atomic E-state index is 12.6. The van der Waals surface area contributed by atoms with Crippen molar-refractivity contribution < 1.29 is 19.1 Å². The van der Waals surface area contributed by atoms with E-state index in [1.165, 1.54) is 0 Å². The molecule has 1 atom stereocenters. The molecule has 1 unspecified atom stereocenters. The third kappa shape index (κ3) is 6.01. The Hall–Kier alpha value is -3.02. The number of carbonyl (C=O) groups is 2. The number of methoxy groups -OCH3 is 1. The number of rotatable bonds is 9. The minimum absolute atomic E-state index is 0.0584. The average Bonchev–Trinajstić information content (AvgIpc) is 2.70. The lowest BCUT2D eigenvalue weighted by Gasteiger charge is -2.22. The summed E-state index contributed by atoms with van der Waals surface area (Å²) < 4.78 is 10.6. The summed E-state index contributed by atoms with van der Waals surface area (Å²) in [5.41, 5.74) is 1.41. The maximum Gasteiger partial charge on any atom is 0.251 e. The number of nitrogens with one attached hydrogen (secondary N) is 2. The van der Waals surface area contributed by atoms with Gasteiger partial charge in [-0.3, -0.25) is 9.59 Å². The monoisotopic (exact) mass is 384 g/mol. The molecule has 0 bridgehead atoms. The summed E-state index contributed by atoms with van der Waals surface area (Å²) in [6.45, 7) is 6.62. The van der Waals surface area contributed by atoms with Crippen molar-refractivity contribution in [2.24, 2.45) is 5.92 Å². The van der Waals surface area contributed by atoms with Gasteiger partial charge >= 0.3 is 0 Å². The lowest BCUT2D eigenvalue weighted by Crippen LogP contribution is -2.49. The second-order valence-corrected chi connectivity index (χ2v) is 6.72. The predicted molar refractivity (Wildman–Crippen MR) is 109 cm³/mol. The molecule has 150 valence electrons. The minimum Gasteiger partial charge on any atom is -0.497 e. The summed E-state index contributed by atoms with van der Waals surface area (Å²) in [4.78, 5) is 25.2. The van der Waals surface area contributed by atoms with Crippen LogP contribution >= 0.6 is 0 Å². The second-order valence-electron chi connectivity index (χ2n) is 6.72. The summed E-state index contributed by atoms with van der Waals surface area (Å²) in [7, 11) is 1.60. The summed E-state index contributed by atoms with van der Waals surface area (Å²) >= 11 is 0. The molecule has 0 aromatic heterocycles. The van der Waals surface area contributed by atoms with Gasteiger partial charge in [-0.2, -0.15) is 0 Å². The van der Waals surface area contributed by atoms with Gasteiger partial charge in [0.05, 0.1) is 13.7 Å². The Labute approximate surface area is 166 Å². The lowest BCUT2D eigenvalue weighted by molar-refractivity contribution is -0.124. The first-order chi connectivity index (χ1) is 13.4. The number of benzene rings is 2. The van der Waals surface area contributed by atoms with E-state index in [0.29, 0.717) is 24.5 Å². The average molecular weight is 384 g/mol. The Balaban J connectivity index is 1.99. The third-order valence-electron chi connectivity index (χ3n) is 4.26. The van der Waals surface area contributed by atoms with Gasteiger partial charge in [-0.15, -0.1) is 0 Å². The number of ether oxygens (including phenoxy) is 2. The van der Waals surface area contributed by atoms with Gasteiger partial charge in [-0.05, 0) is 54.8 Å². The van der Waals surface area contributed by atoms with Crippen LogP contribution in [0.2, 0.25) is 0 Å². The van der Waals surface area contributed by atoms with E-state index in [1.807, 2.05) is 45.0 Å². The fraction of sp³-hybridized carbons (Fsp3) is 0.364. The van der Waals surface area contributed by atoms with Gasteiger partial charge in [0.25, 0.3) is 5.91 Å². The molecule has 0 aliphatic carbocycles. The number of hydrogen-bond acceptors (Lipinski definition) is 4. The smallest absolute Gasteiger partial charge is 0.251 e. The van der Waals surface area contributed by atoms with Gasteiger partial charge in [-0.25, -0.2) is 0 Å². The van der Waals surface area contributed by atoms with Gasteiger partial charge in [0.2, 0.25) is 5.91 Å². The van der Waals surface area contributed by atoms with Crippen LogP contribution in [-0.4, -0.2) is 31.6 Å². The summed E-state index contributed by atoms with van der Waals surface area (Å²) in [6.07, 6.45) is 0. The highest BCUT2D eigenvalue weighted by Crippen LogP contribution is 2.14. The van der Waals surface area contributed by atoms with Crippen molar-refractivity contribution in [2.75, 3.05) is 13.7 Å². The molecule has 0 spiro atoms. The van der Waals surface area contributed by atoms with Gasteiger partial charge in [0, 0.05) is 12.1 Å². The quantitative estimate of drug-likeness (QED) is 0.696. The summed E-state index contributed by atoms with van der Waals surface area (Å²) in [5.74, 6) is 0.860. The molecule has 6 heteroatoms. The number of amides is 2. The van der Waals surface area contributed by atoms with Gasteiger partial charge < -0.3 is 20.1 Å². The van der Waals surface area contributed by atoms with E-state index in [4.69, 9.17) is 9.47 Å². The van der Waals surface area contributed by atoms with E-state index in [1.54, 1.807) is 31.4 Å². The molecule has 0 heterocycles. The molecule has 0 saturated heterocycles. The molecule has 2 aromatic carbocycles. The van der Waals surface area contributed by atoms with Crippen LogP contribution in [0, 0.1) is 5.92 Å². The molecular formula is C22H28N2O4. The van der Waals surface area contributed by atoms with Crippen molar-refractivity contribution in [1.29, 1.82) is 0 Å². The first-order valence-electron chi connectivity index (χ1n) is 9.39. The van der Waals surface area contributed by atoms with Gasteiger partial charge in [0.15, 0.2) is 0 Å². The molecule has 2 amide bonds. The second kappa shape index (κ2) is 10.3. The topological polar surface area (TPSA) is 76.7 Å². The van der Waals surface area contributed by atoms with E-state index < -0.39 is 6.04 Å². The third-order valence-corrected chi connectivity index (χ3v) is 4.26. The van der Waals surface area contributed by atoms with E-state index >= 15 is 0 Å². The van der Waals surface area contributed by atoms with Crippen LogP contribution < -0.4 is 20.1 Å². The SMILES string of the molecule is CCOc1ccc(C(=O)NC(C(=O)NCc2cccc(OC)c2)C(C)C)cc1. The number of hydrogen-bond donors (Lipinski definition) is 2. The van der Waals surface area contributed by atoms with Crippen LogP contribution in [0.3, 0.4) is 0 Å². The van der Waals surface area contributed by atoms with E-state index in [9.17, 15) is 9.59 Å². The van der Waals surface area contributed by atoms with Gasteiger partial charge in [0.1, 0.15) is 17.5 Å². The first kappa shape index (κ1) is 21.3. The highest BCUT2D eigenvalue weighted by molar-refractivity contribution is 5.97. The van der Waals surface area contributed by atoms with E-state index in [2.05, 4.69) is 10.6 Å². The van der Waals surface area contributed by atoms with Crippen LogP contribution in [0.5, 0.6) is 11.5 Å². The zero-order valence-corrected chi connectivity index (χ0v) is 16.8.